The van der Waals surface area contributed by atoms with Crippen LogP contribution in [0.3, 0.4) is 0 Å². The minimum absolute atomic E-state index is 0.171. The third-order valence-corrected chi connectivity index (χ3v) is 8.03. The molecule has 45 heavy (non-hydrogen) atoms. The second kappa shape index (κ2) is 34.8. The minimum Gasteiger partial charge on any atom is -0.463 e. The molecule has 262 valence electrons. The van der Waals surface area contributed by atoms with Crippen molar-refractivity contribution in [3.63, 3.8) is 0 Å². The van der Waals surface area contributed by atoms with E-state index in [-0.39, 0.29) is 25.6 Å². The minimum atomic E-state index is -1.20. The molecule has 6 nitrogen and oxygen atoms in total. The molecule has 0 amide bonds. The molecule has 0 spiro atoms. The fourth-order valence-electron chi connectivity index (χ4n) is 5.21. The third kappa shape index (κ3) is 31.7. The first-order valence-electron chi connectivity index (χ1n) is 18.9. The van der Waals surface area contributed by atoms with E-state index < -0.39 is 18.0 Å². The summed E-state index contributed by atoms with van der Waals surface area (Å²) in [6, 6.07) is 0. The molecule has 0 aliphatic carbocycles. The Hall–Kier alpha value is -2.11. The van der Waals surface area contributed by atoms with Gasteiger partial charge in [0.25, 0.3) is 0 Å². The molecule has 0 saturated heterocycles. The first-order chi connectivity index (χ1) is 22.0. The fraction of sp³-hybridized carbons (Fsp3) is 0.821. The van der Waals surface area contributed by atoms with E-state index in [9.17, 15) is 14.4 Å². The van der Waals surface area contributed by atoms with Crippen molar-refractivity contribution in [3.05, 3.63) is 24.3 Å². The number of allylic oxidation sites excluding steroid dienone is 4. The van der Waals surface area contributed by atoms with Gasteiger partial charge in [0, 0.05) is 12.8 Å². The summed E-state index contributed by atoms with van der Waals surface area (Å²) in [5.74, 6) is -1.48. The maximum Gasteiger partial charge on any atom is 0.351 e. The third-order valence-electron chi connectivity index (χ3n) is 8.03. The van der Waals surface area contributed by atoms with E-state index in [0.717, 1.165) is 57.8 Å². The average Bonchev–Trinajstić information content (AvgIpc) is 3.03. The van der Waals surface area contributed by atoms with Crippen LogP contribution in [0.4, 0.5) is 0 Å². The van der Waals surface area contributed by atoms with Crippen molar-refractivity contribution >= 4 is 17.9 Å². The van der Waals surface area contributed by atoms with Gasteiger partial charge in [-0.1, -0.05) is 147 Å². The maximum atomic E-state index is 12.4. The van der Waals surface area contributed by atoms with Gasteiger partial charge in [-0.2, -0.15) is 0 Å². The molecule has 0 radical (unpaired) electrons. The van der Waals surface area contributed by atoms with Crippen LogP contribution in [-0.4, -0.2) is 37.2 Å². The van der Waals surface area contributed by atoms with Crippen molar-refractivity contribution in [1.82, 2.24) is 0 Å². The van der Waals surface area contributed by atoms with Crippen molar-refractivity contribution in [3.8, 4) is 0 Å². The molecule has 0 aromatic carbocycles. The lowest BCUT2D eigenvalue weighted by Crippen LogP contribution is -2.34. The molecule has 0 fully saturated rings. The fourth-order valence-corrected chi connectivity index (χ4v) is 5.21. The Balaban J connectivity index is 3.92. The summed E-state index contributed by atoms with van der Waals surface area (Å²) in [5.41, 5.74) is 0. The Bertz CT molecular complexity index is 744. The van der Waals surface area contributed by atoms with E-state index >= 15 is 0 Å². The highest BCUT2D eigenvalue weighted by Gasteiger charge is 2.26. The largest absolute Gasteiger partial charge is 0.463 e. The molecule has 1 unspecified atom stereocenters. The zero-order valence-corrected chi connectivity index (χ0v) is 29.6. The SMILES string of the molecule is CCCCC/C=C\C/C=C\CCCCCCCC(=O)OC(COC(=O)CCCCCCCCCCCCCCC)C(=O)OCC. The Kier molecular flexibility index (Phi) is 33.1. The highest BCUT2D eigenvalue weighted by Crippen LogP contribution is 2.14. The molecule has 0 N–H and O–H groups in total. The highest BCUT2D eigenvalue weighted by atomic mass is 16.6. The number of carbonyl (C=O) groups excluding carboxylic acids is 3. The lowest BCUT2D eigenvalue weighted by molar-refractivity contribution is -0.174. The molecule has 0 aliphatic rings. The molecular weight excluding hydrogens is 564 g/mol. The first-order valence-corrected chi connectivity index (χ1v) is 18.9. The lowest BCUT2D eigenvalue weighted by atomic mass is 10.0. The number of carbonyl (C=O) groups is 3. The summed E-state index contributed by atoms with van der Waals surface area (Å²) in [5, 5.41) is 0. The van der Waals surface area contributed by atoms with Gasteiger partial charge in [-0.25, -0.2) is 4.79 Å². The molecule has 0 aromatic heterocycles. The van der Waals surface area contributed by atoms with Gasteiger partial charge in [-0.3, -0.25) is 9.59 Å². The summed E-state index contributed by atoms with van der Waals surface area (Å²) in [6.45, 7) is 6.06. The molecular formula is C39H70O6. The molecule has 6 heteroatoms. The second-order valence-corrected chi connectivity index (χ2v) is 12.4. The number of hydrogen-bond donors (Lipinski definition) is 0. The van der Waals surface area contributed by atoms with Crippen LogP contribution < -0.4 is 0 Å². The molecule has 0 aromatic rings. The van der Waals surface area contributed by atoms with Gasteiger partial charge in [0.1, 0.15) is 6.61 Å². The first kappa shape index (κ1) is 42.9. The summed E-state index contributed by atoms with van der Waals surface area (Å²) in [7, 11) is 0. The Morgan fingerprint density at radius 2 is 0.911 bits per heavy atom. The second-order valence-electron chi connectivity index (χ2n) is 12.4. The van der Waals surface area contributed by atoms with E-state index in [1.807, 2.05) is 0 Å². The number of unbranched alkanes of at least 4 members (excludes halogenated alkanes) is 20. The summed E-state index contributed by atoms with van der Waals surface area (Å²) >= 11 is 0. The maximum absolute atomic E-state index is 12.4. The van der Waals surface area contributed by atoms with Gasteiger partial charge in [0.05, 0.1) is 6.61 Å². The van der Waals surface area contributed by atoms with Gasteiger partial charge in [0.2, 0.25) is 6.10 Å². The summed E-state index contributed by atoms with van der Waals surface area (Å²) in [4.78, 5) is 36.9. The van der Waals surface area contributed by atoms with Gasteiger partial charge in [0.15, 0.2) is 0 Å². The van der Waals surface area contributed by atoms with E-state index in [1.165, 1.54) is 89.9 Å². The van der Waals surface area contributed by atoms with Crippen molar-refractivity contribution in [2.24, 2.45) is 0 Å². The van der Waals surface area contributed by atoms with Crippen LogP contribution in [0.25, 0.3) is 0 Å². The Morgan fingerprint density at radius 3 is 1.42 bits per heavy atom. The van der Waals surface area contributed by atoms with Crippen molar-refractivity contribution in [2.75, 3.05) is 13.2 Å². The van der Waals surface area contributed by atoms with Crippen LogP contribution in [0.5, 0.6) is 0 Å². The zero-order chi connectivity index (χ0) is 33.1. The van der Waals surface area contributed by atoms with E-state index in [1.54, 1.807) is 6.92 Å². The standard InChI is InChI=1S/C39H70O6/c1-4-7-9-11-13-15-17-19-20-22-24-26-28-30-32-34-38(41)45-36(39(42)43-6-3)35-44-37(40)33-31-29-27-25-23-21-18-16-14-12-10-8-5-2/h13,15,19-20,36H,4-12,14,16-18,21-35H2,1-3H3/b15-13-,20-19-. The van der Waals surface area contributed by atoms with E-state index in [0.29, 0.717) is 12.8 Å². The number of hydrogen-bond acceptors (Lipinski definition) is 6. The monoisotopic (exact) mass is 635 g/mol. The Morgan fingerprint density at radius 1 is 0.489 bits per heavy atom. The lowest BCUT2D eigenvalue weighted by Gasteiger charge is -2.16. The predicted molar refractivity (Wildman–Crippen MR) is 187 cm³/mol. The van der Waals surface area contributed by atoms with Crippen LogP contribution in [0.15, 0.2) is 24.3 Å². The molecule has 0 saturated carbocycles. The Labute approximate surface area is 277 Å². The van der Waals surface area contributed by atoms with Crippen molar-refractivity contribution < 1.29 is 28.6 Å². The van der Waals surface area contributed by atoms with Crippen LogP contribution in [0, 0.1) is 0 Å². The number of rotatable bonds is 33. The predicted octanol–water partition coefficient (Wildman–Crippen LogP) is 11.3. The van der Waals surface area contributed by atoms with Crippen LogP contribution in [0.1, 0.15) is 188 Å². The van der Waals surface area contributed by atoms with Crippen LogP contribution in [0.2, 0.25) is 0 Å². The van der Waals surface area contributed by atoms with Gasteiger partial charge in [-0.05, 0) is 51.9 Å². The van der Waals surface area contributed by atoms with E-state index in [2.05, 4.69) is 38.2 Å². The smallest absolute Gasteiger partial charge is 0.351 e. The van der Waals surface area contributed by atoms with Gasteiger partial charge in [-0.15, -0.1) is 0 Å². The quantitative estimate of drug-likeness (QED) is 0.0309. The number of ether oxygens (including phenoxy) is 3. The molecule has 1 atom stereocenters. The highest BCUT2D eigenvalue weighted by molar-refractivity contribution is 5.80. The topological polar surface area (TPSA) is 78.9 Å². The average molecular weight is 635 g/mol. The summed E-state index contributed by atoms with van der Waals surface area (Å²) in [6.07, 6.45) is 36.7. The van der Waals surface area contributed by atoms with Crippen LogP contribution >= 0.6 is 0 Å². The van der Waals surface area contributed by atoms with Gasteiger partial charge < -0.3 is 14.2 Å². The zero-order valence-electron chi connectivity index (χ0n) is 29.6. The van der Waals surface area contributed by atoms with Crippen molar-refractivity contribution in [2.45, 2.75) is 194 Å². The van der Waals surface area contributed by atoms with Crippen LogP contribution in [-0.2, 0) is 28.6 Å². The summed E-state index contributed by atoms with van der Waals surface area (Å²) < 4.78 is 15.7. The normalized spacial score (nSPS) is 12.2. The molecule has 0 aliphatic heterocycles. The van der Waals surface area contributed by atoms with E-state index in [4.69, 9.17) is 14.2 Å². The molecule has 0 heterocycles. The van der Waals surface area contributed by atoms with Gasteiger partial charge >= 0.3 is 17.9 Å². The van der Waals surface area contributed by atoms with Crippen molar-refractivity contribution in [1.29, 1.82) is 0 Å². The molecule has 0 bridgehead atoms. The number of esters is 3. The molecule has 0 rings (SSSR count).